The van der Waals surface area contributed by atoms with Crippen LogP contribution >= 0.6 is 0 Å². The van der Waals surface area contributed by atoms with Gasteiger partial charge in [-0.25, -0.2) is 0 Å². The van der Waals surface area contributed by atoms with Crippen LogP contribution in [0.2, 0.25) is 0 Å². The van der Waals surface area contributed by atoms with Crippen molar-refractivity contribution in [2.75, 3.05) is 14.1 Å². The summed E-state index contributed by atoms with van der Waals surface area (Å²) in [6.07, 6.45) is 6.07. The van der Waals surface area contributed by atoms with E-state index in [4.69, 9.17) is 0 Å². The molecule has 0 spiro atoms. The largest absolute Gasteiger partial charge is 0.297 e. The Kier molecular flexibility index (Phi) is 4.09. The van der Waals surface area contributed by atoms with Crippen molar-refractivity contribution in [2.24, 2.45) is 7.05 Å². The Bertz CT molecular complexity index is 456. The number of likely N-dealkylation sites (N-methyl/N-ethyl adjacent to an activating group) is 1. The summed E-state index contributed by atoms with van der Waals surface area (Å²) in [6, 6.07) is 2.02. The lowest BCUT2D eigenvalue weighted by atomic mass is 9.76. The molecule has 1 saturated carbocycles. The minimum Gasteiger partial charge on any atom is -0.297 e. The normalized spacial score (nSPS) is 18.8. The van der Waals surface area contributed by atoms with E-state index in [1.807, 2.05) is 38.8 Å². The van der Waals surface area contributed by atoms with E-state index in [0.29, 0.717) is 12.2 Å². The summed E-state index contributed by atoms with van der Waals surface area (Å²) in [4.78, 5) is 14.9. The van der Waals surface area contributed by atoms with Gasteiger partial charge in [-0.1, -0.05) is 19.3 Å². The molecule has 1 aliphatic carbocycles. The molecular formula is C15H25N3O. The Morgan fingerprint density at radius 2 is 2.00 bits per heavy atom. The quantitative estimate of drug-likeness (QED) is 0.835. The highest BCUT2D eigenvalue weighted by atomic mass is 16.1. The number of hydrogen-bond acceptors (Lipinski definition) is 3. The van der Waals surface area contributed by atoms with E-state index in [1.54, 1.807) is 0 Å². The first-order valence-corrected chi connectivity index (χ1v) is 7.16. The Balaban J connectivity index is 2.18. The molecule has 1 aromatic rings. The molecule has 0 atom stereocenters. The van der Waals surface area contributed by atoms with E-state index in [1.165, 1.54) is 6.42 Å². The van der Waals surface area contributed by atoms with E-state index in [-0.39, 0.29) is 5.54 Å². The molecule has 4 nitrogen and oxygen atoms in total. The SMILES string of the molecule is Cc1cc(CC(=O)C2(N(C)C)CCCCC2)n(C)n1. The number of Topliss-reactive ketones (excluding diaryl/α,β-unsaturated/α-hetero) is 1. The van der Waals surface area contributed by atoms with Crippen molar-refractivity contribution in [1.29, 1.82) is 0 Å². The number of aromatic nitrogens is 2. The summed E-state index contributed by atoms with van der Waals surface area (Å²) < 4.78 is 1.83. The minimum atomic E-state index is -0.254. The monoisotopic (exact) mass is 263 g/mol. The van der Waals surface area contributed by atoms with E-state index in [0.717, 1.165) is 37.1 Å². The number of hydrogen-bond donors (Lipinski definition) is 0. The van der Waals surface area contributed by atoms with Crippen molar-refractivity contribution in [3.8, 4) is 0 Å². The predicted octanol–water partition coefficient (Wildman–Crippen LogP) is 2.10. The van der Waals surface area contributed by atoms with E-state index < -0.39 is 0 Å². The molecule has 0 radical (unpaired) electrons. The molecule has 1 heterocycles. The van der Waals surface area contributed by atoms with Gasteiger partial charge in [0.1, 0.15) is 0 Å². The average molecular weight is 263 g/mol. The van der Waals surface area contributed by atoms with Crippen LogP contribution in [-0.4, -0.2) is 40.1 Å². The van der Waals surface area contributed by atoms with Gasteiger partial charge in [0.2, 0.25) is 0 Å². The molecule has 0 saturated heterocycles. The first kappa shape index (κ1) is 14.3. The molecule has 4 heteroatoms. The van der Waals surface area contributed by atoms with Gasteiger partial charge >= 0.3 is 0 Å². The number of carbonyl (C=O) groups excluding carboxylic acids is 1. The first-order chi connectivity index (χ1) is 8.95. The second kappa shape index (κ2) is 5.45. The van der Waals surface area contributed by atoms with E-state index in [9.17, 15) is 4.79 Å². The lowest BCUT2D eigenvalue weighted by Crippen LogP contribution is -2.53. The van der Waals surface area contributed by atoms with Gasteiger partial charge in [0, 0.05) is 12.7 Å². The molecule has 0 N–H and O–H groups in total. The van der Waals surface area contributed by atoms with Crippen molar-refractivity contribution in [2.45, 2.75) is 51.0 Å². The molecular weight excluding hydrogens is 238 g/mol. The molecule has 0 unspecified atom stereocenters. The molecule has 2 rings (SSSR count). The highest BCUT2D eigenvalue weighted by molar-refractivity contribution is 5.90. The van der Waals surface area contributed by atoms with Crippen molar-refractivity contribution in [3.63, 3.8) is 0 Å². The summed E-state index contributed by atoms with van der Waals surface area (Å²) in [7, 11) is 5.99. The molecule has 1 aliphatic rings. The van der Waals surface area contributed by atoms with Crippen LogP contribution in [0.25, 0.3) is 0 Å². The van der Waals surface area contributed by atoms with Crippen LogP contribution in [0.15, 0.2) is 6.07 Å². The zero-order chi connectivity index (χ0) is 14.0. The lowest BCUT2D eigenvalue weighted by molar-refractivity contribution is -0.131. The average Bonchev–Trinajstić information content (AvgIpc) is 2.68. The third kappa shape index (κ3) is 2.73. The number of rotatable bonds is 4. The maximum Gasteiger partial charge on any atom is 0.158 e. The zero-order valence-corrected chi connectivity index (χ0v) is 12.6. The van der Waals surface area contributed by atoms with Crippen LogP contribution in [0.4, 0.5) is 0 Å². The number of nitrogens with zero attached hydrogens (tertiary/aromatic N) is 3. The summed E-state index contributed by atoms with van der Waals surface area (Å²) >= 11 is 0. The lowest BCUT2D eigenvalue weighted by Gasteiger charge is -2.41. The molecule has 1 fully saturated rings. The highest BCUT2D eigenvalue weighted by Crippen LogP contribution is 2.33. The van der Waals surface area contributed by atoms with Gasteiger partial charge in [-0.2, -0.15) is 5.10 Å². The van der Waals surface area contributed by atoms with E-state index in [2.05, 4.69) is 10.00 Å². The first-order valence-electron chi connectivity index (χ1n) is 7.16. The number of aryl methyl sites for hydroxylation is 2. The maximum atomic E-state index is 12.8. The minimum absolute atomic E-state index is 0.254. The summed E-state index contributed by atoms with van der Waals surface area (Å²) in [5, 5.41) is 4.33. The van der Waals surface area contributed by atoms with Crippen molar-refractivity contribution in [1.82, 2.24) is 14.7 Å². The van der Waals surface area contributed by atoms with Gasteiger partial charge in [0.05, 0.1) is 17.7 Å². The fraction of sp³-hybridized carbons (Fsp3) is 0.733. The smallest absolute Gasteiger partial charge is 0.158 e. The zero-order valence-electron chi connectivity index (χ0n) is 12.6. The Hall–Kier alpha value is -1.16. The Morgan fingerprint density at radius 3 is 2.47 bits per heavy atom. The predicted molar refractivity (Wildman–Crippen MR) is 76.2 cm³/mol. The fourth-order valence-corrected chi connectivity index (χ4v) is 3.27. The molecule has 0 aromatic carbocycles. The molecule has 1 aromatic heterocycles. The van der Waals surface area contributed by atoms with Gasteiger partial charge < -0.3 is 0 Å². The molecule has 0 amide bonds. The van der Waals surface area contributed by atoms with Gasteiger partial charge in [0.15, 0.2) is 5.78 Å². The third-order valence-electron chi connectivity index (χ3n) is 4.50. The van der Waals surface area contributed by atoms with Crippen LogP contribution in [0, 0.1) is 6.92 Å². The third-order valence-corrected chi connectivity index (χ3v) is 4.50. The molecule has 0 bridgehead atoms. The van der Waals surface area contributed by atoms with Crippen LogP contribution in [0.5, 0.6) is 0 Å². The number of ketones is 1. The Labute approximate surface area is 115 Å². The Morgan fingerprint density at radius 1 is 1.37 bits per heavy atom. The second-order valence-corrected chi connectivity index (χ2v) is 5.99. The highest BCUT2D eigenvalue weighted by Gasteiger charge is 2.41. The molecule has 19 heavy (non-hydrogen) atoms. The van der Waals surface area contributed by atoms with Crippen LogP contribution in [0.1, 0.15) is 43.5 Å². The van der Waals surface area contributed by atoms with Crippen molar-refractivity contribution >= 4 is 5.78 Å². The van der Waals surface area contributed by atoms with Gasteiger partial charge in [-0.15, -0.1) is 0 Å². The molecule has 0 aliphatic heterocycles. The second-order valence-electron chi connectivity index (χ2n) is 5.99. The summed E-state index contributed by atoms with van der Waals surface area (Å²) in [6.45, 7) is 1.97. The van der Waals surface area contributed by atoms with Crippen LogP contribution in [0.3, 0.4) is 0 Å². The topological polar surface area (TPSA) is 38.1 Å². The summed E-state index contributed by atoms with van der Waals surface area (Å²) in [5.41, 5.74) is 1.75. The van der Waals surface area contributed by atoms with Crippen molar-refractivity contribution in [3.05, 3.63) is 17.5 Å². The van der Waals surface area contributed by atoms with Crippen molar-refractivity contribution < 1.29 is 4.79 Å². The van der Waals surface area contributed by atoms with Gasteiger partial charge in [-0.3, -0.25) is 14.4 Å². The standard InChI is InChI=1S/C15H25N3O/c1-12-10-13(18(4)16-12)11-14(19)15(17(2)3)8-6-5-7-9-15/h10H,5-9,11H2,1-4H3. The maximum absolute atomic E-state index is 12.8. The van der Waals surface area contributed by atoms with Crippen LogP contribution in [-0.2, 0) is 18.3 Å². The van der Waals surface area contributed by atoms with Crippen LogP contribution < -0.4 is 0 Å². The molecule has 106 valence electrons. The number of carbonyl (C=O) groups is 1. The summed E-state index contributed by atoms with van der Waals surface area (Å²) in [5.74, 6) is 0.347. The fourth-order valence-electron chi connectivity index (χ4n) is 3.27. The van der Waals surface area contributed by atoms with Gasteiger partial charge in [-0.05, 0) is 39.9 Å². The van der Waals surface area contributed by atoms with E-state index >= 15 is 0 Å². The van der Waals surface area contributed by atoms with Gasteiger partial charge in [0.25, 0.3) is 0 Å².